The summed E-state index contributed by atoms with van der Waals surface area (Å²) in [5.74, 6) is 1.09. The first-order valence-corrected chi connectivity index (χ1v) is 10.6. The van der Waals surface area contributed by atoms with Crippen LogP contribution in [0.4, 0.5) is 0 Å². The van der Waals surface area contributed by atoms with Crippen molar-refractivity contribution in [2.75, 3.05) is 26.7 Å². The Hall–Kier alpha value is -2.79. The standard InChI is InChI=1S/C25H30N2O3/c1-16-13-21-18(3)24(30-23(21)14-17(16)2)25(28)26-15-22(27-11-5-6-12-27)19-7-9-20(29-4)10-8-19/h7-10,13-14,22H,5-6,11-12,15H2,1-4H3,(H,26,28). The van der Waals surface area contributed by atoms with E-state index in [1.807, 2.05) is 25.1 Å². The number of carbonyl (C=O) groups excluding carboxylic acids is 1. The van der Waals surface area contributed by atoms with E-state index >= 15 is 0 Å². The highest BCUT2D eigenvalue weighted by Gasteiger charge is 2.25. The lowest BCUT2D eigenvalue weighted by Crippen LogP contribution is -2.36. The van der Waals surface area contributed by atoms with E-state index in [0.717, 1.165) is 40.9 Å². The summed E-state index contributed by atoms with van der Waals surface area (Å²) in [6, 6.07) is 12.4. The predicted molar refractivity (Wildman–Crippen MR) is 119 cm³/mol. The second-order valence-corrected chi connectivity index (χ2v) is 8.23. The largest absolute Gasteiger partial charge is 0.497 e. The molecule has 1 amide bonds. The summed E-state index contributed by atoms with van der Waals surface area (Å²) in [4.78, 5) is 15.5. The zero-order chi connectivity index (χ0) is 21.3. The van der Waals surface area contributed by atoms with Gasteiger partial charge < -0.3 is 14.5 Å². The minimum atomic E-state index is -0.156. The molecule has 1 aromatic heterocycles. The molecular formula is C25H30N2O3. The molecule has 30 heavy (non-hydrogen) atoms. The van der Waals surface area contributed by atoms with E-state index in [0.29, 0.717) is 12.3 Å². The number of nitrogens with one attached hydrogen (secondary N) is 1. The van der Waals surface area contributed by atoms with Crippen LogP contribution in [0.3, 0.4) is 0 Å². The van der Waals surface area contributed by atoms with E-state index in [9.17, 15) is 4.79 Å². The lowest BCUT2D eigenvalue weighted by Gasteiger charge is -2.28. The van der Waals surface area contributed by atoms with Gasteiger partial charge in [0, 0.05) is 17.5 Å². The van der Waals surface area contributed by atoms with Crippen LogP contribution in [-0.2, 0) is 0 Å². The predicted octanol–water partition coefficient (Wildman–Crippen LogP) is 4.93. The van der Waals surface area contributed by atoms with Crippen LogP contribution in [0.25, 0.3) is 11.0 Å². The van der Waals surface area contributed by atoms with Gasteiger partial charge in [-0.25, -0.2) is 0 Å². The lowest BCUT2D eigenvalue weighted by atomic mass is 10.0. The number of rotatable bonds is 6. The van der Waals surface area contributed by atoms with Crippen LogP contribution >= 0.6 is 0 Å². The third-order valence-electron chi connectivity index (χ3n) is 6.30. The van der Waals surface area contributed by atoms with Crippen LogP contribution in [0.5, 0.6) is 5.75 Å². The normalized spacial score (nSPS) is 15.5. The Morgan fingerprint density at radius 2 is 1.77 bits per heavy atom. The summed E-state index contributed by atoms with van der Waals surface area (Å²) in [5.41, 5.74) is 5.22. The van der Waals surface area contributed by atoms with Crippen molar-refractivity contribution in [1.82, 2.24) is 10.2 Å². The number of benzene rings is 2. The fourth-order valence-corrected chi connectivity index (χ4v) is 4.30. The van der Waals surface area contributed by atoms with Crippen LogP contribution in [0, 0.1) is 20.8 Å². The number of furan rings is 1. The van der Waals surface area contributed by atoms with Crippen LogP contribution in [-0.4, -0.2) is 37.6 Å². The fourth-order valence-electron chi connectivity index (χ4n) is 4.30. The van der Waals surface area contributed by atoms with Crippen molar-refractivity contribution in [1.29, 1.82) is 0 Å². The molecule has 5 nitrogen and oxygen atoms in total. The summed E-state index contributed by atoms with van der Waals surface area (Å²) in [6.45, 7) is 8.73. The topological polar surface area (TPSA) is 54.7 Å². The molecule has 1 atom stereocenters. The van der Waals surface area contributed by atoms with Crippen molar-refractivity contribution in [2.24, 2.45) is 0 Å². The Bertz CT molecular complexity index is 1050. The SMILES string of the molecule is COc1ccc(C(CNC(=O)c2oc3cc(C)c(C)cc3c2C)N2CCCC2)cc1. The van der Waals surface area contributed by atoms with Gasteiger partial charge in [-0.05, 0) is 87.7 Å². The second kappa shape index (κ2) is 8.52. The van der Waals surface area contributed by atoms with Crippen LogP contribution < -0.4 is 10.1 Å². The lowest BCUT2D eigenvalue weighted by molar-refractivity contribution is 0.0911. The molecule has 158 valence electrons. The van der Waals surface area contributed by atoms with E-state index in [1.165, 1.54) is 24.0 Å². The van der Waals surface area contributed by atoms with Crippen molar-refractivity contribution >= 4 is 16.9 Å². The highest BCUT2D eigenvalue weighted by atomic mass is 16.5. The van der Waals surface area contributed by atoms with Crippen LogP contribution in [0.15, 0.2) is 40.8 Å². The van der Waals surface area contributed by atoms with Gasteiger partial charge in [-0.3, -0.25) is 9.69 Å². The molecule has 0 aliphatic carbocycles. The van der Waals surface area contributed by atoms with Gasteiger partial charge in [0.15, 0.2) is 5.76 Å². The molecule has 5 heteroatoms. The number of hydrogen-bond acceptors (Lipinski definition) is 4. The van der Waals surface area contributed by atoms with Gasteiger partial charge in [0.25, 0.3) is 5.91 Å². The maximum absolute atomic E-state index is 13.0. The number of hydrogen-bond donors (Lipinski definition) is 1. The zero-order valence-electron chi connectivity index (χ0n) is 18.2. The van der Waals surface area contributed by atoms with Gasteiger partial charge in [0.05, 0.1) is 13.2 Å². The number of methoxy groups -OCH3 is 1. The molecule has 1 N–H and O–H groups in total. The number of carbonyl (C=O) groups is 1. The van der Waals surface area contributed by atoms with Gasteiger partial charge in [0.2, 0.25) is 0 Å². The van der Waals surface area contributed by atoms with E-state index in [2.05, 4.69) is 42.3 Å². The Balaban J connectivity index is 1.55. The first kappa shape index (κ1) is 20.5. The molecule has 3 aromatic rings. The second-order valence-electron chi connectivity index (χ2n) is 8.23. The van der Waals surface area contributed by atoms with E-state index < -0.39 is 0 Å². The van der Waals surface area contributed by atoms with Gasteiger partial charge in [0.1, 0.15) is 11.3 Å². The summed E-state index contributed by atoms with van der Waals surface area (Å²) < 4.78 is 11.2. The summed E-state index contributed by atoms with van der Waals surface area (Å²) in [7, 11) is 1.67. The van der Waals surface area contributed by atoms with E-state index in [4.69, 9.17) is 9.15 Å². The van der Waals surface area contributed by atoms with Crippen molar-refractivity contribution < 1.29 is 13.9 Å². The maximum atomic E-state index is 13.0. The Morgan fingerprint density at radius 3 is 2.43 bits per heavy atom. The molecular weight excluding hydrogens is 376 g/mol. The smallest absolute Gasteiger partial charge is 0.287 e. The zero-order valence-corrected chi connectivity index (χ0v) is 18.2. The first-order chi connectivity index (χ1) is 14.5. The monoisotopic (exact) mass is 406 g/mol. The number of nitrogens with zero attached hydrogens (tertiary/aromatic N) is 1. The quantitative estimate of drug-likeness (QED) is 0.630. The van der Waals surface area contributed by atoms with Gasteiger partial charge >= 0.3 is 0 Å². The number of likely N-dealkylation sites (tertiary alicyclic amines) is 1. The molecule has 1 aliphatic rings. The third kappa shape index (κ3) is 3.94. The summed E-state index contributed by atoms with van der Waals surface area (Å²) in [5, 5.41) is 4.14. The van der Waals surface area contributed by atoms with E-state index in [1.54, 1.807) is 7.11 Å². The van der Waals surface area contributed by atoms with Gasteiger partial charge in [-0.2, -0.15) is 0 Å². The van der Waals surface area contributed by atoms with Crippen molar-refractivity contribution in [3.8, 4) is 5.75 Å². The minimum Gasteiger partial charge on any atom is -0.497 e. The highest BCUT2D eigenvalue weighted by Crippen LogP contribution is 2.29. The van der Waals surface area contributed by atoms with Crippen LogP contribution in [0.1, 0.15) is 51.7 Å². The minimum absolute atomic E-state index is 0.136. The number of ether oxygens (including phenoxy) is 1. The number of aryl methyl sites for hydroxylation is 3. The van der Waals surface area contributed by atoms with Gasteiger partial charge in [-0.1, -0.05) is 12.1 Å². The first-order valence-electron chi connectivity index (χ1n) is 10.6. The number of amides is 1. The maximum Gasteiger partial charge on any atom is 0.287 e. The Labute approximate surface area is 178 Å². The van der Waals surface area contributed by atoms with Gasteiger partial charge in [-0.15, -0.1) is 0 Å². The molecule has 0 bridgehead atoms. The van der Waals surface area contributed by atoms with Crippen molar-refractivity contribution in [2.45, 2.75) is 39.7 Å². The average molecular weight is 407 g/mol. The Morgan fingerprint density at radius 1 is 1.10 bits per heavy atom. The molecule has 4 rings (SSSR count). The molecule has 0 radical (unpaired) electrons. The molecule has 2 aromatic carbocycles. The molecule has 0 saturated carbocycles. The number of fused-ring (bicyclic) bond motifs is 1. The summed E-state index contributed by atoms with van der Waals surface area (Å²) in [6.07, 6.45) is 2.39. The third-order valence-corrected chi connectivity index (χ3v) is 6.30. The average Bonchev–Trinajstić information content (AvgIpc) is 3.38. The summed E-state index contributed by atoms with van der Waals surface area (Å²) >= 11 is 0. The molecule has 2 heterocycles. The van der Waals surface area contributed by atoms with Crippen molar-refractivity contribution in [3.05, 3.63) is 64.4 Å². The van der Waals surface area contributed by atoms with E-state index in [-0.39, 0.29) is 11.9 Å². The van der Waals surface area contributed by atoms with Crippen molar-refractivity contribution in [3.63, 3.8) is 0 Å². The fraction of sp³-hybridized carbons (Fsp3) is 0.400. The molecule has 1 unspecified atom stereocenters. The molecule has 1 aliphatic heterocycles. The molecule has 1 fully saturated rings. The highest BCUT2D eigenvalue weighted by molar-refractivity contribution is 5.99. The Kier molecular flexibility index (Phi) is 5.82. The van der Waals surface area contributed by atoms with Crippen LogP contribution in [0.2, 0.25) is 0 Å². The molecule has 0 spiro atoms. The molecule has 1 saturated heterocycles.